The minimum absolute atomic E-state index is 0.631. The molecule has 2 N–H and O–H groups in total. The molecule has 1 fully saturated rings. The number of hydrogen-bond donors (Lipinski definition) is 1. The molecular formula is C17H28N2. The lowest BCUT2D eigenvalue weighted by atomic mass is 9.83. The molecule has 19 heavy (non-hydrogen) atoms. The molecule has 0 aliphatic heterocycles. The monoisotopic (exact) mass is 260 g/mol. The first kappa shape index (κ1) is 14.4. The zero-order valence-corrected chi connectivity index (χ0v) is 12.7. The molecule has 1 saturated carbocycles. The number of rotatable bonds is 4. The third-order valence-electron chi connectivity index (χ3n) is 4.84. The van der Waals surface area contributed by atoms with Gasteiger partial charge < -0.3 is 10.6 Å². The Balaban J connectivity index is 2.14. The lowest BCUT2D eigenvalue weighted by Gasteiger charge is -2.37. The van der Waals surface area contributed by atoms with E-state index in [0.717, 1.165) is 5.92 Å². The second-order valence-corrected chi connectivity index (χ2v) is 5.98. The van der Waals surface area contributed by atoms with Crippen molar-refractivity contribution in [3.8, 4) is 0 Å². The summed E-state index contributed by atoms with van der Waals surface area (Å²) < 4.78 is 0. The number of nitrogens with zero attached hydrogens (tertiary/aromatic N) is 1. The summed E-state index contributed by atoms with van der Waals surface area (Å²) in [5, 5.41) is 0. The maximum atomic E-state index is 5.90. The van der Waals surface area contributed by atoms with Crippen molar-refractivity contribution in [1.82, 2.24) is 0 Å². The molecule has 0 saturated heterocycles. The molecule has 0 spiro atoms. The molecule has 2 heteroatoms. The smallest absolute Gasteiger partial charge is 0.0441 e. The van der Waals surface area contributed by atoms with Gasteiger partial charge in [0.2, 0.25) is 0 Å². The van der Waals surface area contributed by atoms with E-state index in [1.54, 1.807) is 0 Å². The number of aryl methyl sites for hydroxylation is 1. The molecule has 1 aromatic rings. The van der Waals surface area contributed by atoms with Crippen LogP contribution in [0.3, 0.4) is 0 Å². The SMILES string of the molecule is CCC1CCC(N(C)c2c(C)cccc2CN)CC1. The van der Waals surface area contributed by atoms with Crippen molar-refractivity contribution in [3.63, 3.8) is 0 Å². The number of hydrogen-bond acceptors (Lipinski definition) is 2. The Morgan fingerprint density at radius 3 is 2.47 bits per heavy atom. The van der Waals surface area contributed by atoms with E-state index in [-0.39, 0.29) is 0 Å². The standard InChI is InChI=1S/C17H28N2/c1-4-14-8-10-16(11-9-14)19(3)17-13(2)6-5-7-15(17)12-18/h5-7,14,16H,4,8-12,18H2,1-3H3. The fraction of sp³-hybridized carbons (Fsp3) is 0.647. The molecule has 0 atom stereocenters. The van der Waals surface area contributed by atoms with E-state index in [1.807, 2.05) is 0 Å². The van der Waals surface area contributed by atoms with Gasteiger partial charge >= 0.3 is 0 Å². The van der Waals surface area contributed by atoms with E-state index in [9.17, 15) is 0 Å². The van der Waals surface area contributed by atoms with Gasteiger partial charge in [-0.05, 0) is 49.7 Å². The van der Waals surface area contributed by atoms with Gasteiger partial charge in [0, 0.05) is 25.3 Å². The van der Waals surface area contributed by atoms with Crippen LogP contribution in [0.25, 0.3) is 0 Å². The average molecular weight is 260 g/mol. The molecule has 1 aromatic carbocycles. The second-order valence-electron chi connectivity index (χ2n) is 5.98. The molecule has 1 aliphatic rings. The summed E-state index contributed by atoms with van der Waals surface area (Å²) in [6.45, 7) is 5.15. The normalized spacial score (nSPS) is 23.4. The van der Waals surface area contributed by atoms with Crippen molar-refractivity contribution < 1.29 is 0 Å². The Kier molecular flexibility index (Phi) is 4.87. The Morgan fingerprint density at radius 1 is 1.21 bits per heavy atom. The highest BCUT2D eigenvalue weighted by Gasteiger charge is 2.24. The first-order valence-corrected chi connectivity index (χ1v) is 7.68. The van der Waals surface area contributed by atoms with Gasteiger partial charge in [-0.2, -0.15) is 0 Å². The van der Waals surface area contributed by atoms with Crippen molar-refractivity contribution in [2.75, 3.05) is 11.9 Å². The summed E-state index contributed by atoms with van der Waals surface area (Å²) in [7, 11) is 2.25. The van der Waals surface area contributed by atoms with E-state index >= 15 is 0 Å². The van der Waals surface area contributed by atoms with Gasteiger partial charge in [-0.3, -0.25) is 0 Å². The highest BCUT2D eigenvalue weighted by molar-refractivity contribution is 5.59. The summed E-state index contributed by atoms with van der Waals surface area (Å²) in [6.07, 6.45) is 6.76. The van der Waals surface area contributed by atoms with E-state index < -0.39 is 0 Å². The number of anilines is 1. The number of nitrogens with two attached hydrogens (primary N) is 1. The van der Waals surface area contributed by atoms with Gasteiger partial charge in [-0.1, -0.05) is 31.5 Å². The van der Waals surface area contributed by atoms with E-state index in [1.165, 1.54) is 48.9 Å². The van der Waals surface area contributed by atoms with Crippen LogP contribution in [0, 0.1) is 12.8 Å². The van der Waals surface area contributed by atoms with Gasteiger partial charge in [-0.15, -0.1) is 0 Å². The topological polar surface area (TPSA) is 29.3 Å². The van der Waals surface area contributed by atoms with E-state index in [2.05, 4.69) is 44.0 Å². The van der Waals surface area contributed by atoms with Gasteiger partial charge in [0.05, 0.1) is 0 Å². The van der Waals surface area contributed by atoms with Crippen LogP contribution in [0.5, 0.6) is 0 Å². The zero-order valence-electron chi connectivity index (χ0n) is 12.7. The summed E-state index contributed by atoms with van der Waals surface area (Å²) >= 11 is 0. The van der Waals surface area contributed by atoms with Crippen molar-refractivity contribution in [2.45, 2.75) is 58.5 Å². The summed E-state index contributed by atoms with van der Waals surface area (Å²) in [5.41, 5.74) is 9.90. The zero-order chi connectivity index (χ0) is 13.8. The molecule has 1 aliphatic carbocycles. The summed E-state index contributed by atoms with van der Waals surface area (Å²) in [6, 6.07) is 7.16. The third-order valence-corrected chi connectivity index (χ3v) is 4.84. The maximum Gasteiger partial charge on any atom is 0.0441 e. The number of para-hydroxylation sites is 1. The van der Waals surface area contributed by atoms with E-state index in [4.69, 9.17) is 5.73 Å². The average Bonchev–Trinajstić information content (AvgIpc) is 2.46. The summed E-state index contributed by atoms with van der Waals surface area (Å²) in [5.74, 6) is 0.954. The van der Waals surface area contributed by atoms with Crippen LogP contribution in [0.15, 0.2) is 18.2 Å². The first-order valence-electron chi connectivity index (χ1n) is 7.68. The molecular weight excluding hydrogens is 232 g/mol. The Morgan fingerprint density at radius 2 is 1.89 bits per heavy atom. The van der Waals surface area contributed by atoms with Crippen LogP contribution in [0.1, 0.15) is 50.2 Å². The highest BCUT2D eigenvalue weighted by Crippen LogP contribution is 2.33. The predicted octanol–water partition coefficient (Wildman–Crippen LogP) is 3.86. The lowest BCUT2D eigenvalue weighted by molar-refractivity contribution is 0.313. The molecule has 0 radical (unpaired) electrons. The molecule has 106 valence electrons. The van der Waals surface area contributed by atoms with Crippen LogP contribution in [-0.4, -0.2) is 13.1 Å². The number of benzene rings is 1. The molecule has 2 rings (SSSR count). The van der Waals surface area contributed by atoms with Crippen LogP contribution >= 0.6 is 0 Å². The first-order chi connectivity index (χ1) is 9.17. The summed E-state index contributed by atoms with van der Waals surface area (Å²) in [4.78, 5) is 2.49. The predicted molar refractivity (Wildman–Crippen MR) is 83.5 cm³/mol. The fourth-order valence-electron chi connectivity index (χ4n) is 3.51. The van der Waals surface area contributed by atoms with E-state index in [0.29, 0.717) is 12.6 Å². The molecule has 0 amide bonds. The molecule has 2 nitrogen and oxygen atoms in total. The molecule has 0 bridgehead atoms. The van der Waals surface area contributed by atoms with Crippen LogP contribution in [-0.2, 0) is 6.54 Å². The maximum absolute atomic E-state index is 5.90. The third kappa shape index (κ3) is 3.11. The van der Waals surface area contributed by atoms with Crippen molar-refractivity contribution in [3.05, 3.63) is 29.3 Å². The van der Waals surface area contributed by atoms with Crippen molar-refractivity contribution >= 4 is 5.69 Å². The lowest BCUT2D eigenvalue weighted by Crippen LogP contribution is -2.36. The van der Waals surface area contributed by atoms with Crippen LogP contribution in [0.4, 0.5) is 5.69 Å². The minimum atomic E-state index is 0.631. The molecule has 0 heterocycles. The second kappa shape index (κ2) is 6.42. The van der Waals surface area contributed by atoms with Crippen molar-refractivity contribution in [2.24, 2.45) is 11.7 Å². The van der Waals surface area contributed by atoms with Gasteiger partial charge in [-0.25, -0.2) is 0 Å². The molecule has 0 aromatic heterocycles. The Labute approximate surface area is 118 Å². The fourth-order valence-corrected chi connectivity index (χ4v) is 3.51. The van der Waals surface area contributed by atoms with Gasteiger partial charge in [0.15, 0.2) is 0 Å². The largest absolute Gasteiger partial charge is 0.371 e. The quantitative estimate of drug-likeness (QED) is 0.890. The Hall–Kier alpha value is -1.02. The molecule has 0 unspecified atom stereocenters. The highest BCUT2D eigenvalue weighted by atomic mass is 15.1. The van der Waals surface area contributed by atoms with Gasteiger partial charge in [0.1, 0.15) is 0 Å². The Bertz CT molecular complexity index is 406. The minimum Gasteiger partial charge on any atom is -0.371 e. The van der Waals surface area contributed by atoms with Gasteiger partial charge in [0.25, 0.3) is 0 Å². The van der Waals surface area contributed by atoms with Crippen LogP contribution < -0.4 is 10.6 Å². The van der Waals surface area contributed by atoms with Crippen LogP contribution in [0.2, 0.25) is 0 Å². The van der Waals surface area contributed by atoms with Crippen molar-refractivity contribution in [1.29, 1.82) is 0 Å².